The van der Waals surface area contributed by atoms with Gasteiger partial charge in [0.25, 0.3) is 0 Å². The predicted octanol–water partition coefficient (Wildman–Crippen LogP) is 2.74. The Hall–Kier alpha value is -0.0800. The topological polar surface area (TPSA) is 15.3 Å². The van der Waals surface area contributed by atoms with Gasteiger partial charge in [0.15, 0.2) is 0 Å². The molecule has 0 aliphatic carbocycles. The molecule has 0 rings (SSSR count). The fourth-order valence-electron chi connectivity index (χ4n) is 2.00. The monoisotopic (exact) mass is 214 g/mol. The Morgan fingerprint density at radius 1 is 1.07 bits per heavy atom. The highest BCUT2D eigenvalue weighted by Gasteiger charge is 2.05. The zero-order chi connectivity index (χ0) is 11.7. The Kier molecular flexibility index (Phi) is 9.12. The second kappa shape index (κ2) is 9.17. The van der Waals surface area contributed by atoms with Crippen LogP contribution < -0.4 is 5.32 Å². The summed E-state index contributed by atoms with van der Waals surface area (Å²) in [5.41, 5.74) is 0. The average Bonchev–Trinajstić information content (AvgIpc) is 2.15. The summed E-state index contributed by atoms with van der Waals surface area (Å²) in [6.07, 6.45) is 2.54. The summed E-state index contributed by atoms with van der Waals surface area (Å²) >= 11 is 0. The van der Waals surface area contributed by atoms with Crippen LogP contribution in [0.25, 0.3) is 0 Å². The van der Waals surface area contributed by atoms with Crippen LogP contribution in [0.4, 0.5) is 0 Å². The summed E-state index contributed by atoms with van der Waals surface area (Å²) in [6.45, 7) is 16.1. The third-order valence-electron chi connectivity index (χ3n) is 2.73. The Bertz CT molecular complexity index is 134. The SMILES string of the molecule is CCCN(CC)CCNC(C)CC(C)C. The zero-order valence-corrected chi connectivity index (χ0v) is 11.3. The Labute approximate surface area is 96.4 Å². The highest BCUT2D eigenvalue weighted by atomic mass is 15.1. The molecule has 2 nitrogen and oxygen atoms in total. The van der Waals surface area contributed by atoms with Crippen molar-refractivity contribution in [3.05, 3.63) is 0 Å². The van der Waals surface area contributed by atoms with Crippen molar-refractivity contribution >= 4 is 0 Å². The number of likely N-dealkylation sites (N-methyl/N-ethyl adjacent to an activating group) is 1. The van der Waals surface area contributed by atoms with Crippen molar-refractivity contribution in [2.75, 3.05) is 26.2 Å². The van der Waals surface area contributed by atoms with Crippen LogP contribution in [0.15, 0.2) is 0 Å². The first-order valence-corrected chi connectivity index (χ1v) is 6.55. The Balaban J connectivity index is 3.49. The van der Waals surface area contributed by atoms with Crippen LogP contribution in [-0.4, -0.2) is 37.1 Å². The summed E-state index contributed by atoms with van der Waals surface area (Å²) in [6, 6.07) is 0.658. The van der Waals surface area contributed by atoms with Crippen LogP contribution in [0.2, 0.25) is 0 Å². The molecule has 0 heterocycles. The highest BCUT2D eigenvalue weighted by Crippen LogP contribution is 2.03. The summed E-state index contributed by atoms with van der Waals surface area (Å²) < 4.78 is 0. The molecule has 0 saturated carbocycles. The minimum Gasteiger partial charge on any atom is -0.313 e. The molecule has 1 unspecified atom stereocenters. The van der Waals surface area contributed by atoms with Gasteiger partial charge in [-0.15, -0.1) is 0 Å². The molecular formula is C13H30N2. The standard InChI is InChI=1S/C13H30N2/c1-6-9-15(7-2)10-8-14-13(5)11-12(3)4/h12-14H,6-11H2,1-5H3. The normalized spacial score (nSPS) is 13.8. The lowest BCUT2D eigenvalue weighted by atomic mass is 10.1. The molecule has 0 aromatic rings. The van der Waals surface area contributed by atoms with Crippen LogP contribution in [0.1, 0.15) is 47.5 Å². The molecular weight excluding hydrogens is 184 g/mol. The van der Waals surface area contributed by atoms with Gasteiger partial charge < -0.3 is 10.2 Å². The van der Waals surface area contributed by atoms with E-state index in [-0.39, 0.29) is 0 Å². The van der Waals surface area contributed by atoms with E-state index in [2.05, 4.69) is 44.8 Å². The molecule has 2 heteroatoms. The van der Waals surface area contributed by atoms with E-state index in [1.54, 1.807) is 0 Å². The van der Waals surface area contributed by atoms with Gasteiger partial charge in [-0.1, -0.05) is 27.7 Å². The fraction of sp³-hybridized carbons (Fsp3) is 1.00. The number of nitrogens with zero attached hydrogens (tertiary/aromatic N) is 1. The first-order valence-electron chi connectivity index (χ1n) is 6.55. The maximum Gasteiger partial charge on any atom is 0.0107 e. The van der Waals surface area contributed by atoms with Gasteiger partial charge >= 0.3 is 0 Å². The molecule has 0 aliphatic heterocycles. The average molecular weight is 214 g/mol. The van der Waals surface area contributed by atoms with Gasteiger partial charge in [-0.3, -0.25) is 0 Å². The Morgan fingerprint density at radius 3 is 2.20 bits per heavy atom. The number of nitrogens with one attached hydrogen (secondary N) is 1. The molecule has 0 aromatic carbocycles. The Morgan fingerprint density at radius 2 is 1.73 bits per heavy atom. The first kappa shape index (κ1) is 14.9. The number of hydrogen-bond acceptors (Lipinski definition) is 2. The highest BCUT2D eigenvalue weighted by molar-refractivity contribution is 4.64. The third kappa shape index (κ3) is 8.88. The van der Waals surface area contributed by atoms with E-state index in [9.17, 15) is 0 Å². The van der Waals surface area contributed by atoms with E-state index in [4.69, 9.17) is 0 Å². The summed E-state index contributed by atoms with van der Waals surface area (Å²) in [5, 5.41) is 3.60. The van der Waals surface area contributed by atoms with Crippen molar-refractivity contribution in [1.29, 1.82) is 0 Å². The molecule has 92 valence electrons. The van der Waals surface area contributed by atoms with Crippen molar-refractivity contribution < 1.29 is 0 Å². The molecule has 1 atom stereocenters. The molecule has 0 aliphatic rings. The van der Waals surface area contributed by atoms with Crippen LogP contribution >= 0.6 is 0 Å². The minimum absolute atomic E-state index is 0.658. The lowest BCUT2D eigenvalue weighted by Gasteiger charge is -2.22. The fourth-order valence-corrected chi connectivity index (χ4v) is 2.00. The maximum absolute atomic E-state index is 3.60. The lowest BCUT2D eigenvalue weighted by molar-refractivity contribution is 0.280. The first-order chi connectivity index (χ1) is 7.10. The summed E-state index contributed by atoms with van der Waals surface area (Å²) in [4.78, 5) is 2.51. The van der Waals surface area contributed by atoms with E-state index in [0.717, 1.165) is 12.5 Å². The van der Waals surface area contributed by atoms with Crippen LogP contribution in [0, 0.1) is 5.92 Å². The van der Waals surface area contributed by atoms with E-state index in [1.807, 2.05) is 0 Å². The number of rotatable bonds is 9. The van der Waals surface area contributed by atoms with Gasteiger partial charge in [0.2, 0.25) is 0 Å². The largest absolute Gasteiger partial charge is 0.313 e. The van der Waals surface area contributed by atoms with Crippen LogP contribution in [-0.2, 0) is 0 Å². The molecule has 0 radical (unpaired) electrons. The van der Waals surface area contributed by atoms with Crippen molar-refractivity contribution in [2.45, 2.75) is 53.5 Å². The van der Waals surface area contributed by atoms with Crippen LogP contribution in [0.5, 0.6) is 0 Å². The summed E-state index contributed by atoms with van der Waals surface area (Å²) in [7, 11) is 0. The van der Waals surface area contributed by atoms with E-state index < -0.39 is 0 Å². The quantitative estimate of drug-likeness (QED) is 0.635. The molecule has 0 amide bonds. The second-order valence-corrected chi connectivity index (χ2v) is 4.92. The van der Waals surface area contributed by atoms with Crippen LogP contribution in [0.3, 0.4) is 0 Å². The van der Waals surface area contributed by atoms with Crippen molar-refractivity contribution in [3.63, 3.8) is 0 Å². The second-order valence-electron chi connectivity index (χ2n) is 4.92. The van der Waals surface area contributed by atoms with E-state index in [1.165, 1.54) is 32.5 Å². The maximum atomic E-state index is 3.60. The predicted molar refractivity (Wildman–Crippen MR) is 69.3 cm³/mol. The van der Waals surface area contributed by atoms with Gasteiger partial charge in [-0.25, -0.2) is 0 Å². The zero-order valence-electron chi connectivity index (χ0n) is 11.3. The molecule has 0 spiro atoms. The summed E-state index contributed by atoms with van der Waals surface area (Å²) in [5.74, 6) is 0.797. The van der Waals surface area contributed by atoms with Crippen molar-refractivity contribution in [3.8, 4) is 0 Å². The molecule has 0 fully saturated rings. The van der Waals surface area contributed by atoms with Gasteiger partial charge in [0.1, 0.15) is 0 Å². The number of hydrogen-bond donors (Lipinski definition) is 1. The molecule has 0 aromatic heterocycles. The molecule has 15 heavy (non-hydrogen) atoms. The molecule has 1 N–H and O–H groups in total. The molecule has 0 bridgehead atoms. The van der Waals surface area contributed by atoms with Gasteiger partial charge in [0, 0.05) is 19.1 Å². The van der Waals surface area contributed by atoms with Gasteiger partial charge in [-0.2, -0.15) is 0 Å². The van der Waals surface area contributed by atoms with Crippen molar-refractivity contribution in [1.82, 2.24) is 10.2 Å². The molecule has 0 saturated heterocycles. The van der Waals surface area contributed by atoms with Crippen molar-refractivity contribution in [2.24, 2.45) is 5.92 Å². The minimum atomic E-state index is 0.658. The van der Waals surface area contributed by atoms with Gasteiger partial charge in [0.05, 0.1) is 0 Å². The smallest absolute Gasteiger partial charge is 0.0107 e. The lowest BCUT2D eigenvalue weighted by Crippen LogP contribution is -2.36. The van der Waals surface area contributed by atoms with E-state index in [0.29, 0.717) is 6.04 Å². The van der Waals surface area contributed by atoms with E-state index >= 15 is 0 Å². The third-order valence-corrected chi connectivity index (χ3v) is 2.73. The van der Waals surface area contributed by atoms with Gasteiger partial charge in [-0.05, 0) is 38.8 Å².